The molecule has 0 radical (unpaired) electrons. The fourth-order valence-corrected chi connectivity index (χ4v) is 1.47. The van der Waals surface area contributed by atoms with Crippen LogP contribution in [0, 0.1) is 6.92 Å². The molecule has 6 heteroatoms. The second-order valence-corrected chi connectivity index (χ2v) is 4.06. The van der Waals surface area contributed by atoms with Crippen LogP contribution in [0.5, 0.6) is 0 Å². The molecule has 0 aliphatic rings. The topological polar surface area (TPSA) is 65.2 Å². The van der Waals surface area contributed by atoms with Crippen LogP contribution in [0.2, 0.25) is 5.15 Å². The Bertz CT molecular complexity index is 563. The molecular formula is C12H11ClN2O3. The Kier molecular flexibility index (Phi) is 3.62. The molecule has 2 aromatic rings. The van der Waals surface area contributed by atoms with Gasteiger partial charge >= 0.3 is 5.97 Å². The van der Waals surface area contributed by atoms with Crippen molar-refractivity contribution in [1.29, 1.82) is 0 Å². The lowest BCUT2D eigenvalue weighted by molar-refractivity contribution is -0.142. The van der Waals surface area contributed by atoms with E-state index in [9.17, 15) is 4.79 Å². The van der Waals surface area contributed by atoms with E-state index in [1.807, 2.05) is 0 Å². The fraction of sp³-hybridized carbons (Fsp3) is 0.250. The molecule has 2 rings (SSSR count). The number of halogens is 1. The summed E-state index contributed by atoms with van der Waals surface area (Å²) in [6.45, 7) is 3.21. The van der Waals surface area contributed by atoms with Gasteiger partial charge in [0.05, 0.1) is 5.56 Å². The van der Waals surface area contributed by atoms with E-state index in [1.54, 1.807) is 25.3 Å². The van der Waals surface area contributed by atoms with Crippen molar-refractivity contribution in [2.24, 2.45) is 0 Å². The lowest BCUT2D eigenvalue weighted by atomic mass is 10.3. The number of rotatable bonds is 3. The minimum Gasteiger partial charge on any atom is -0.459 e. The van der Waals surface area contributed by atoms with Gasteiger partial charge in [0.25, 0.3) is 0 Å². The summed E-state index contributed by atoms with van der Waals surface area (Å²) in [6, 6.07) is 3.42. The van der Waals surface area contributed by atoms with Crippen molar-refractivity contribution in [2.45, 2.75) is 20.5 Å². The second kappa shape index (κ2) is 5.18. The van der Waals surface area contributed by atoms with Crippen molar-refractivity contribution in [3.8, 4) is 11.5 Å². The molecule has 0 atom stereocenters. The van der Waals surface area contributed by atoms with Gasteiger partial charge in [-0.25, -0.2) is 9.97 Å². The van der Waals surface area contributed by atoms with Gasteiger partial charge in [-0.1, -0.05) is 11.6 Å². The lowest BCUT2D eigenvalue weighted by Crippen LogP contribution is -2.00. The summed E-state index contributed by atoms with van der Waals surface area (Å²) in [5.74, 6) is 0.687. The predicted octanol–water partition coefficient (Wildman–Crippen LogP) is 2.76. The molecule has 0 N–H and O–H groups in total. The predicted molar refractivity (Wildman–Crippen MR) is 65.0 cm³/mol. The van der Waals surface area contributed by atoms with Gasteiger partial charge in [0.1, 0.15) is 23.2 Å². The van der Waals surface area contributed by atoms with Crippen molar-refractivity contribution in [2.75, 3.05) is 0 Å². The highest BCUT2D eigenvalue weighted by Gasteiger charge is 2.12. The normalized spacial score (nSPS) is 10.4. The van der Waals surface area contributed by atoms with Gasteiger partial charge < -0.3 is 9.15 Å². The minimum absolute atomic E-state index is 0.103. The van der Waals surface area contributed by atoms with Gasteiger partial charge in [-0.05, 0) is 19.1 Å². The van der Waals surface area contributed by atoms with Crippen LogP contribution in [0.3, 0.4) is 0 Å². The summed E-state index contributed by atoms with van der Waals surface area (Å²) >= 11 is 5.70. The number of hydrogen-bond acceptors (Lipinski definition) is 5. The molecular weight excluding hydrogens is 256 g/mol. The summed E-state index contributed by atoms with van der Waals surface area (Å²) in [6.07, 6.45) is 1.57. The van der Waals surface area contributed by atoms with Crippen LogP contribution in [-0.4, -0.2) is 15.9 Å². The minimum atomic E-state index is -0.355. The number of nitrogens with zero attached hydrogens (tertiary/aromatic N) is 2. The Morgan fingerprint density at radius 1 is 1.50 bits per heavy atom. The first-order valence-corrected chi connectivity index (χ1v) is 5.65. The standard InChI is InChI=1S/C12H11ClN2O3/c1-7-10(6-17-8(2)16)15-12(18-7)9-3-4-11(13)14-5-9/h3-5H,6H2,1-2H3. The number of ether oxygens (including phenoxy) is 1. The molecule has 94 valence electrons. The van der Waals surface area contributed by atoms with Gasteiger partial charge in [-0.2, -0.15) is 0 Å². The molecule has 2 aromatic heterocycles. The molecule has 0 bridgehead atoms. The number of carbonyl (C=O) groups excluding carboxylic acids is 1. The molecule has 18 heavy (non-hydrogen) atoms. The van der Waals surface area contributed by atoms with E-state index in [-0.39, 0.29) is 12.6 Å². The number of aryl methyl sites for hydroxylation is 1. The molecule has 0 aromatic carbocycles. The molecule has 5 nitrogen and oxygen atoms in total. The molecule has 0 aliphatic heterocycles. The van der Waals surface area contributed by atoms with E-state index < -0.39 is 0 Å². The maximum absolute atomic E-state index is 10.7. The van der Waals surface area contributed by atoms with Crippen molar-refractivity contribution in [3.05, 3.63) is 34.9 Å². The molecule has 0 saturated heterocycles. The largest absolute Gasteiger partial charge is 0.459 e. The maximum Gasteiger partial charge on any atom is 0.303 e. The van der Waals surface area contributed by atoms with E-state index in [2.05, 4.69) is 9.97 Å². The molecule has 0 spiro atoms. The third-order valence-corrected chi connectivity index (χ3v) is 2.50. The molecule has 0 fully saturated rings. The summed E-state index contributed by atoms with van der Waals surface area (Å²) in [5.41, 5.74) is 1.31. The van der Waals surface area contributed by atoms with Gasteiger partial charge in [0.2, 0.25) is 5.89 Å². The van der Waals surface area contributed by atoms with Crippen LogP contribution >= 0.6 is 11.6 Å². The van der Waals surface area contributed by atoms with Crippen LogP contribution < -0.4 is 0 Å². The SMILES string of the molecule is CC(=O)OCc1nc(-c2ccc(Cl)nc2)oc1C. The average Bonchev–Trinajstić information content (AvgIpc) is 2.69. The first-order valence-electron chi connectivity index (χ1n) is 5.28. The number of pyridine rings is 1. The first-order chi connectivity index (χ1) is 8.56. The molecule has 2 heterocycles. The summed E-state index contributed by atoms with van der Waals surface area (Å²) in [5, 5.41) is 0.405. The Morgan fingerprint density at radius 3 is 2.89 bits per heavy atom. The van der Waals surface area contributed by atoms with Crippen molar-refractivity contribution in [3.63, 3.8) is 0 Å². The fourth-order valence-electron chi connectivity index (χ4n) is 1.36. The molecule has 0 amide bonds. The highest BCUT2D eigenvalue weighted by Crippen LogP contribution is 2.22. The van der Waals surface area contributed by atoms with Crippen LogP contribution in [0.25, 0.3) is 11.5 Å². The third kappa shape index (κ3) is 2.87. The summed E-state index contributed by atoms with van der Waals surface area (Å²) < 4.78 is 10.4. The zero-order valence-corrected chi connectivity index (χ0v) is 10.7. The van der Waals surface area contributed by atoms with Gasteiger partial charge in [0, 0.05) is 13.1 Å². The molecule has 0 saturated carbocycles. The Labute approximate surface area is 109 Å². The van der Waals surface area contributed by atoms with E-state index in [1.165, 1.54) is 6.92 Å². The van der Waals surface area contributed by atoms with E-state index in [4.69, 9.17) is 20.8 Å². The maximum atomic E-state index is 10.7. The Balaban J connectivity index is 2.22. The summed E-state index contributed by atoms with van der Waals surface area (Å²) in [7, 11) is 0. The lowest BCUT2D eigenvalue weighted by Gasteiger charge is -1.97. The zero-order valence-electron chi connectivity index (χ0n) is 9.94. The number of aromatic nitrogens is 2. The number of carbonyl (C=O) groups is 1. The Hall–Kier alpha value is -1.88. The Morgan fingerprint density at radius 2 is 2.28 bits per heavy atom. The first kappa shape index (κ1) is 12.6. The highest BCUT2D eigenvalue weighted by atomic mass is 35.5. The smallest absolute Gasteiger partial charge is 0.303 e. The number of hydrogen-bond donors (Lipinski definition) is 0. The van der Waals surface area contributed by atoms with Crippen molar-refractivity contribution >= 4 is 17.6 Å². The quantitative estimate of drug-likeness (QED) is 0.631. The van der Waals surface area contributed by atoms with Crippen molar-refractivity contribution in [1.82, 2.24) is 9.97 Å². The van der Waals surface area contributed by atoms with Crippen molar-refractivity contribution < 1.29 is 13.9 Å². The van der Waals surface area contributed by atoms with Crippen LogP contribution in [0.1, 0.15) is 18.4 Å². The molecule has 0 aliphatic carbocycles. The average molecular weight is 267 g/mol. The molecule has 0 unspecified atom stereocenters. The summed E-state index contributed by atoms with van der Waals surface area (Å²) in [4.78, 5) is 18.9. The van der Waals surface area contributed by atoms with E-state index >= 15 is 0 Å². The number of esters is 1. The monoisotopic (exact) mass is 266 g/mol. The van der Waals surface area contributed by atoms with E-state index in [0.29, 0.717) is 22.5 Å². The van der Waals surface area contributed by atoms with Gasteiger partial charge in [0.15, 0.2) is 0 Å². The van der Waals surface area contributed by atoms with Crippen LogP contribution in [0.15, 0.2) is 22.7 Å². The van der Waals surface area contributed by atoms with Crippen LogP contribution in [0.4, 0.5) is 0 Å². The second-order valence-electron chi connectivity index (χ2n) is 3.67. The van der Waals surface area contributed by atoms with Gasteiger partial charge in [-0.3, -0.25) is 4.79 Å². The third-order valence-electron chi connectivity index (χ3n) is 2.28. The highest BCUT2D eigenvalue weighted by molar-refractivity contribution is 6.29. The zero-order chi connectivity index (χ0) is 13.1. The number of oxazole rings is 1. The van der Waals surface area contributed by atoms with Gasteiger partial charge in [-0.15, -0.1) is 0 Å². The van der Waals surface area contributed by atoms with E-state index in [0.717, 1.165) is 5.56 Å². The van der Waals surface area contributed by atoms with Crippen LogP contribution in [-0.2, 0) is 16.1 Å².